The maximum atomic E-state index is 11.3. The maximum absolute atomic E-state index is 11.3. The van der Waals surface area contributed by atoms with E-state index in [0.29, 0.717) is 17.1 Å². The molecule has 6 nitrogen and oxygen atoms in total. The van der Waals surface area contributed by atoms with Gasteiger partial charge in [-0.05, 0) is 50.2 Å². The van der Waals surface area contributed by atoms with Crippen LogP contribution in [-0.4, -0.2) is 38.3 Å². The van der Waals surface area contributed by atoms with Gasteiger partial charge in [0.05, 0.1) is 17.6 Å². The number of nitrogens with zero attached hydrogens (tertiary/aromatic N) is 2. The number of carbonyl (C=O) groups excluding carboxylic acids is 1. The minimum atomic E-state index is -0.780. The zero-order chi connectivity index (χ0) is 18.7. The smallest absolute Gasteiger partial charge is 0.159 e. The highest BCUT2D eigenvalue weighted by Gasteiger charge is 2.17. The monoisotopic (exact) mass is 354 g/mol. The number of fused-ring (bicyclic) bond motifs is 1. The molecule has 0 saturated carbocycles. The van der Waals surface area contributed by atoms with Crippen LogP contribution in [0.5, 0.6) is 5.75 Å². The molecule has 2 atom stereocenters. The first-order valence-corrected chi connectivity index (χ1v) is 8.51. The number of benzene rings is 2. The molecule has 3 rings (SSSR count). The standard InChI is InChI=1S/C20H22N2O4/c1-13(23)15-7-9-17(10-8-15)26-12-16(25)11-22-19-6-4-3-5-18(19)21-20(22)14(2)24/h3-10,14,16,24-25H,11-12H2,1-2H3/t14-,16-/m1/s1. The predicted octanol–water partition coefficient (Wildman–Crippen LogP) is 2.73. The van der Waals surface area contributed by atoms with Gasteiger partial charge >= 0.3 is 0 Å². The summed E-state index contributed by atoms with van der Waals surface area (Å²) in [6, 6.07) is 14.4. The normalized spacial score (nSPS) is 13.5. The molecule has 0 spiro atoms. The molecule has 0 amide bonds. The molecule has 6 heteroatoms. The van der Waals surface area contributed by atoms with E-state index in [2.05, 4.69) is 4.98 Å². The third-order valence-electron chi connectivity index (χ3n) is 4.15. The Hall–Kier alpha value is -2.70. The molecule has 3 aromatic rings. The van der Waals surface area contributed by atoms with Crippen molar-refractivity contribution in [2.75, 3.05) is 6.61 Å². The third-order valence-corrected chi connectivity index (χ3v) is 4.15. The molecule has 0 aliphatic carbocycles. The summed E-state index contributed by atoms with van der Waals surface area (Å²) < 4.78 is 7.42. The number of para-hydroxylation sites is 2. The Morgan fingerprint density at radius 1 is 1.15 bits per heavy atom. The average Bonchev–Trinajstić information content (AvgIpc) is 2.99. The Morgan fingerprint density at radius 2 is 1.85 bits per heavy atom. The Balaban J connectivity index is 1.70. The number of carbonyl (C=O) groups is 1. The van der Waals surface area contributed by atoms with Crippen molar-refractivity contribution in [1.82, 2.24) is 9.55 Å². The minimum absolute atomic E-state index is 0.00535. The number of aliphatic hydroxyl groups is 2. The van der Waals surface area contributed by atoms with E-state index in [4.69, 9.17) is 4.74 Å². The Bertz CT molecular complexity index is 900. The lowest BCUT2D eigenvalue weighted by Gasteiger charge is -2.16. The SMILES string of the molecule is CC(=O)c1ccc(OC[C@H](O)Cn2c([C@@H](C)O)nc3ccccc32)cc1. The van der Waals surface area contributed by atoms with Crippen molar-refractivity contribution in [1.29, 1.82) is 0 Å². The summed E-state index contributed by atoms with van der Waals surface area (Å²) in [7, 11) is 0. The fourth-order valence-corrected chi connectivity index (χ4v) is 2.85. The van der Waals surface area contributed by atoms with E-state index >= 15 is 0 Å². The number of Topliss-reactive ketones (excluding diaryl/α,β-unsaturated/α-hetero) is 1. The van der Waals surface area contributed by atoms with Crippen LogP contribution < -0.4 is 4.74 Å². The molecule has 0 aliphatic rings. The number of hydrogen-bond acceptors (Lipinski definition) is 5. The van der Waals surface area contributed by atoms with Gasteiger partial charge in [0.25, 0.3) is 0 Å². The summed E-state index contributed by atoms with van der Waals surface area (Å²) in [6.45, 7) is 3.50. The molecule has 0 saturated heterocycles. The maximum Gasteiger partial charge on any atom is 0.159 e. The molecule has 1 aromatic heterocycles. The predicted molar refractivity (Wildman–Crippen MR) is 98.3 cm³/mol. The van der Waals surface area contributed by atoms with Crippen LogP contribution >= 0.6 is 0 Å². The van der Waals surface area contributed by atoms with Crippen molar-refractivity contribution >= 4 is 16.8 Å². The minimum Gasteiger partial charge on any atom is -0.491 e. The highest BCUT2D eigenvalue weighted by Crippen LogP contribution is 2.21. The van der Waals surface area contributed by atoms with Gasteiger partial charge in [-0.2, -0.15) is 0 Å². The topological polar surface area (TPSA) is 84.6 Å². The number of ketones is 1. The van der Waals surface area contributed by atoms with Crippen LogP contribution in [0.1, 0.15) is 36.1 Å². The van der Waals surface area contributed by atoms with Gasteiger partial charge in [-0.3, -0.25) is 4.79 Å². The van der Waals surface area contributed by atoms with Gasteiger partial charge in [0.1, 0.15) is 30.4 Å². The van der Waals surface area contributed by atoms with Gasteiger partial charge in [-0.25, -0.2) is 4.98 Å². The summed E-state index contributed by atoms with van der Waals surface area (Å²) in [5.74, 6) is 1.09. The van der Waals surface area contributed by atoms with E-state index in [1.54, 1.807) is 31.2 Å². The second kappa shape index (κ2) is 7.68. The number of hydrogen-bond donors (Lipinski definition) is 2. The van der Waals surface area contributed by atoms with Gasteiger partial charge in [-0.1, -0.05) is 12.1 Å². The molecule has 136 valence electrons. The summed E-state index contributed by atoms with van der Waals surface area (Å²) in [6.07, 6.45) is -1.52. The second-order valence-corrected chi connectivity index (χ2v) is 6.29. The third kappa shape index (κ3) is 3.92. The van der Waals surface area contributed by atoms with Gasteiger partial charge in [-0.15, -0.1) is 0 Å². The van der Waals surface area contributed by atoms with Crippen LogP contribution in [0.25, 0.3) is 11.0 Å². The summed E-state index contributed by atoms with van der Waals surface area (Å²) >= 11 is 0. The molecule has 0 aliphatic heterocycles. The molecule has 0 unspecified atom stereocenters. The lowest BCUT2D eigenvalue weighted by atomic mass is 10.1. The Labute approximate surface area is 151 Å². The largest absolute Gasteiger partial charge is 0.491 e. The van der Waals surface area contributed by atoms with E-state index in [9.17, 15) is 15.0 Å². The Kier molecular flexibility index (Phi) is 5.35. The van der Waals surface area contributed by atoms with Gasteiger partial charge in [0, 0.05) is 5.56 Å². The molecule has 0 bridgehead atoms. The number of ether oxygens (including phenoxy) is 1. The van der Waals surface area contributed by atoms with Gasteiger partial charge < -0.3 is 19.5 Å². The molecular weight excluding hydrogens is 332 g/mol. The van der Waals surface area contributed by atoms with Gasteiger partial charge in [0.2, 0.25) is 0 Å². The first-order chi connectivity index (χ1) is 12.5. The molecule has 2 aromatic carbocycles. The quantitative estimate of drug-likeness (QED) is 0.637. The van der Waals surface area contributed by atoms with E-state index < -0.39 is 12.2 Å². The summed E-state index contributed by atoms with van der Waals surface area (Å²) in [4.78, 5) is 15.7. The molecule has 0 radical (unpaired) electrons. The zero-order valence-electron chi connectivity index (χ0n) is 14.8. The molecule has 26 heavy (non-hydrogen) atoms. The first-order valence-electron chi connectivity index (χ1n) is 8.51. The fourth-order valence-electron chi connectivity index (χ4n) is 2.85. The molecule has 2 N–H and O–H groups in total. The zero-order valence-corrected chi connectivity index (χ0v) is 14.8. The van der Waals surface area contributed by atoms with Crippen LogP contribution in [0.4, 0.5) is 0 Å². The number of aromatic nitrogens is 2. The summed E-state index contributed by atoms with van der Waals surface area (Å²) in [5.41, 5.74) is 2.24. The highest BCUT2D eigenvalue weighted by atomic mass is 16.5. The van der Waals surface area contributed by atoms with Gasteiger partial charge in [0.15, 0.2) is 5.78 Å². The lowest BCUT2D eigenvalue weighted by Crippen LogP contribution is -2.25. The number of rotatable bonds is 7. The average molecular weight is 354 g/mol. The number of aliphatic hydroxyl groups excluding tert-OH is 2. The van der Waals surface area contributed by atoms with Crippen LogP contribution in [0.3, 0.4) is 0 Å². The molecular formula is C20H22N2O4. The van der Waals surface area contributed by atoms with Crippen molar-refractivity contribution in [3.05, 3.63) is 59.9 Å². The Morgan fingerprint density at radius 3 is 2.50 bits per heavy atom. The molecule has 1 heterocycles. The van der Waals surface area contributed by atoms with Crippen LogP contribution in [0.2, 0.25) is 0 Å². The van der Waals surface area contributed by atoms with E-state index in [-0.39, 0.29) is 18.9 Å². The van der Waals surface area contributed by atoms with Crippen molar-refractivity contribution in [3.63, 3.8) is 0 Å². The second-order valence-electron chi connectivity index (χ2n) is 6.29. The molecule has 0 fully saturated rings. The number of imidazole rings is 1. The lowest BCUT2D eigenvalue weighted by molar-refractivity contribution is 0.0894. The summed E-state index contributed by atoms with van der Waals surface area (Å²) in [5, 5.41) is 20.4. The van der Waals surface area contributed by atoms with Crippen molar-refractivity contribution < 1.29 is 19.7 Å². The highest BCUT2D eigenvalue weighted by molar-refractivity contribution is 5.94. The van der Waals surface area contributed by atoms with Crippen molar-refractivity contribution in [3.8, 4) is 5.75 Å². The van der Waals surface area contributed by atoms with Crippen LogP contribution in [0, 0.1) is 0 Å². The van der Waals surface area contributed by atoms with Crippen molar-refractivity contribution in [2.45, 2.75) is 32.6 Å². The fraction of sp³-hybridized carbons (Fsp3) is 0.300. The van der Waals surface area contributed by atoms with E-state index in [1.165, 1.54) is 6.92 Å². The van der Waals surface area contributed by atoms with Crippen molar-refractivity contribution in [2.24, 2.45) is 0 Å². The van der Waals surface area contributed by atoms with E-state index in [0.717, 1.165) is 11.0 Å². The first kappa shape index (κ1) is 18.1. The van der Waals surface area contributed by atoms with E-state index in [1.807, 2.05) is 28.8 Å². The van der Waals surface area contributed by atoms with Crippen LogP contribution in [-0.2, 0) is 6.54 Å². The van der Waals surface area contributed by atoms with Crippen LogP contribution in [0.15, 0.2) is 48.5 Å².